The summed E-state index contributed by atoms with van der Waals surface area (Å²) in [5.41, 5.74) is 5.31. The Hall–Kier alpha value is -5.31. The van der Waals surface area contributed by atoms with Crippen molar-refractivity contribution in [3.8, 4) is 11.3 Å². The molecule has 2 aromatic heterocycles. The predicted octanol–water partition coefficient (Wildman–Crippen LogP) is 6.55. The van der Waals surface area contributed by atoms with Gasteiger partial charge < -0.3 is 15.5 Å². The van der Waals surface area contributed by atoms with Crippen molar-refractivity contribution < 1.29 is 9.59 Å². The number of aromatic nitrogens is 4. The molecule has 0 bridgehead atoms. The third-order valence-corrected chi connectivity index (χ3v) is 7.73. The predicted molar refractivity (Wildman–Crippen MR) is 171 cm³/mol. The highest BCUT2D eigenvalue weighted by Gasteiger charge is 2.22. The molecule has 1 aliphatic rings. The van der Waals surface area contributed by atoms with Gasteiger partial charge in [0, 0.05) is 42.1 Å². The molecular formula is C34H33N7O2. The molecule has 3 aromatic carbocycles. The lowest BCUT2D eigenvalue weighted by atomic mass is 9.99. The number of fused-ring (bicyclic) bond motifs is 1. The number of H-pyrrole nitrogens is 1. The van der Waals surface area contributed by atoms with Crippen LogP contribution in [0, 0.1) is 5.92 Å². The first-order valence-corrected chi connectivity index (χ1v) is 14.5. The van der Waals surface area contributed by atoms with Crippen LogP contribution in [0.25, 0.3) is 22.3 Å². The van der Waals surface area contributed by atoms with Gasteiger partial charge in [-0.05, 0) is 66.8 Å². The highest BCUT2D eigenvalue weighted by Crippen LogP contribution is 2.32. The summed E-state index contributed by atoms with van der Waals surface area (Å²) >= 11 is 0. The Morgan fingerprint density at radius 1 is 0.977 bits per heavy atom. The number of ketones is 1. The average molecular weight is 572 g/mol. The zero-order chi connectivity index (χ0) is 29.8. The van der Waals surface area contributed by atoms with Crippen molar-refractivity contribution in [2.75, 3.05) is 28.6 Å². The number of benzene rings is 3. The zero-order valence-corrected chi connectivity index (χ0v) is 24.0. The summed E-state index contributed by atoms with van der Waals surface area (Å²) in [4.78, 5) is 37.5. The van der Waals surface area contributed by atoms with Crippen LogP contribution in [0.15, 0.2) is 91.5 Å². The number of nitrogens with one attached hydrogen (secondary N) is 3. The van der Waals surface area contributed by atoms with E-state index >= 15 is 0 Å². The molecule has 0 radical (unpaired) electrons. The molecule has 43 heavy (non-hydrogen) atoms. The topological polar surface area (TPSA) is 116 Å². The SMILES string of the molecule is C=CC(=O)Cc1cccc(-c2nc(Nc3cccc(N4CCC(C)CC4)c3)nc3n[nH]c(C(=O)Nc4ccccc4)c23)c1. The molecule has 1 saturated heterocycles. The van der Waals surface area contributed by atoms with Gasteiger partial charge in [0.2, 0.25) is 5.95 Å². The minimum Gasteiger partial charge on any atom is -0.371 e. The molecule has 0 unspecified atom stereocenters. The van der Waals surface area contributed by atoms with Crippen molar-refractivity contribution in [1.29, 1.82) is 0 Å². The van der Waals surface area contributed by atoms with Crippen LogP contribution in [0.1, 0.15) is 35.8 Å². The van der Waals surface area contributed by atoms with Gasteiger partial charge >= 0.3 is 0 Å². The minimum absolute atomic E-state index is 0.0818. The number of allylic oxidation sites excluding steroid dienone is 1. The standard InChI is InChI=1S/C34H33N7O2/c1-3-28(42)20-23-9-7-10-24(19-23)30-29-31(33(43)35-25-11-5-4-6-12-25)39-40-32(29)38-34(37-30)36-26-13-8-14-27(21-26)41-17-15-22(2)16-18-41/h3-14,19,21-22H,1,15-18,20H2,2H3,(H,35,43)(H2,36,37,38,39,40). The lowest BCUT2D eigenvalue weighted by Gasteiger charge is -2.32. The van der Waals surface area contributed by atoms with Crippen molar-refractivity contribution in [2.24, 2.45) is 5.92 Å². The van der Waals surface area contributed by atoms with Gasteiger partial charge in [0.05, 0.1) is 11.1 Å². The number of carbonyl (C=O) groups excluding carboxylic acids is 2. The second-order valence-electron chi connectivity index (χ2n) is 10.9. The van der Waals surface area contributed by atoms with Crippen molar-refractivity contribution >= 4 is 45.7 Å². The second-order valence-corrected chi connectivity index (χ2v) is 10.9. The summed E-state index contributed by atoms with van der Waals surface area (Å²) in [6.45, 7) is 7.96. The van der Waals surface area contributed by atoms with Crippen LogP contribution in [0.3, 0.4) is 0 Å². The van der Waals surface area contributed by atoms with Gasteiger partial charge in [-0.25, -0.2) is 4.98 Å². The molecule has 0 saturated carbocycles. The Balaban J connectivity index is 1.39. The first-order chi connectivity index (χ1) is 21.0. The first kappa shape index (κ1) is 27.8. The van der Waals surface area contributed by atoms with Gasteiger partial charge in [-0.3, -0.25) is 14.7 Å². The number of hydrogen-bond acceptors (Lipinski definition) is 7. The maximum Gasteiger partial charge on any atom is 0.274 e. The number of piperidine rings is 1. The van der Waals surface area contributed by atoms with E-state index in [0.717, 1.165) is 41.5 Å². The molecule has 3 N–H and O–H groups in total. The van der Waals surface area contributed by atoms with Gasteiger partial charge in [0.1, 0.15) is 5.69 Å². The molecule has 0 aliphatic carbocycles. The van der Waals surface area contributed by atoms with Crippen LogP contribution < -0.4 is 15.5 Å². The van der Waals surface area contributed by atoms with Gasteiger partial charge in [-0.1, -0.05) is 56.0 Å². The molecular weight excluding hydrogens is 538 g/mol. The summed E-state index contributed by atoms with van der Waals surface area (Å²) < 4.78 is 0. The van der Waals surface area contributed by atoms with Crippen molar-refractivity contribution in [3.05, 3.63) is 103 Å². The minimum atomic E-state index is -0.360. The van der Waals surface area contributed by atoms with Gasteiger partial charge in [-0.2, -0.15) is 10.1 Å². The van der Waals surface area contributed by atoms with Crippen molar-refractivity contribution in [3.63, 3.8) is 0 Å². The summed E-state index contributed by atoms with van der Waals surface area (Å²) in [5, 5.41) is 14.0. The third kappa shape index (κ3) is 6.30. The molecule has 1 amide bonds. The molecule has 216 valence electrons. The molecule has 1 fully saturated rings. The van der Waals surface area contributed by atoms with E-state index in [0.29, 0.717) is 28.4 Å². The quantitative estimate of drug-likeness (QED) is 0.172. The second kappa shape index (κ2) is 12.3. The summed E-state index contributed by atoms with van der Waals surface area (Å²) in [6, 6.07) is 25.0. The van der Waals surface area contributed by atoms with E-state index in [-0.39, 0.29) is 23.8 Å². The van der Waals surface area contributed by atoms with E-state index in [1.807, 2.05) is 66.7 Å². The van der Waals surface area contributed by atoms with E-state index < -0.39 is 0 Å². The summed E-state index contributed by atoms with van der Waals surface area (Å²) in [5.74, 6) is 0.654. The Bertz CT molecular complexity index is 1790. The smallest absolute Gasteiger partial charge is 0.274 e. The van der Waals surface area contributed by atoms with Crippen LogP contribution in [-0.4, -0.2) is 44.9 Å². The number of nitrogens with zero attached hydrogens (tertiary/aromatic N) is 4. The normalized spacial score (nSPS) is 13.6. The van der Waals surface area contributed by atoms with Gasteiger partial charge in [0.25, 0.3) is 5.91 Å². The maximum atomic E-state index is 13.4. The third-order valence-electron chi connectivity index (χ3n) is 7.73. The number of aromatic amines is 1. The largest absolute Gasteiger partial charge is 0.371 e. The Labute approximate surface area is 250 Å². The van der Waals surface area contributed by atoms with E-state index in [9.17, 15) is 9.59 Å². The Morgan fingerprint density at radius 3 is 2.53 bits per heavy atom. The monoisotopic (exact) mass is 571 g/mol. The molecule has 0 spiro atoms. The van der Waals surface area contributed by atoms with Crippen LogP contribution in [0.5, 0.6) is 0 Å². The maximum absolute atomic E-state index is 13.4. The number of para-hydroxylation sites is 1. The molecule has 1 aliphatic heterocycles. The van der Waals surface area contributed by atoms with E-state index in [1.54, 1.807) is 0 Å². The number of anilines is 4. The lowest BCUT2D eigenvalue weighted by molar-refractivity contribution is -0.114. The summed E-state index contributed by atoms with van der Waals surface area (Å²) in [7, 11) is 0. The number of carbonyl (C=O) groups is 2. The fourth-order valence-corrected chi connectivity index (χ4v) is 5.35. The molecule has 0 atom stereocenters. The van der Waals surface area contributed by atoms with E-state index in [1.165, 1.54) is 18.9 Å². The Kier molecular flexibility index (Phi) is 7.95. The molecule has 5 aromatic rings. The fourth-order valence-electron chi connectivity index (χ4n) is 5.35. The number of hydrogen-bond donors (Lipinski definition) is 3. The fraction of sp³-hybridized carbons (Fsp3) is 0.206. The molecule has 3 heterocycles. The lowest BCUT2D eigenvalue weighted by Crippen LogP contribution is -2.32. The van der Waals surface area contributed by atoms with E-state index in [4.69, 9.17) is 4.98 Å². The van der Waals surface area contributed by atoms with E-state index in [2.05, 4.69) is 56.4 Å². The summed E-state index contributed by atoms with van der Waals surface area (Å²) in [6.07, 6.45) is 3.89. The number of rotatable bonds is 9. The van der Waals surface area contributed by atoms with Crippen molar-refractivity contribution in [2.45, 2.75) is 26.2 Å². The van der Waals surface area contributed by atoms with Crippen LogP contribution in [0.4, 0.5) is 23.0 Å². The highest BCUT2D eigenvalue weighted by atomic mass is 16.2. The van der Waals surface area contributed by atoms with Gasteiger partial charge in [0.15, 0.2) is 11.4 Å². The molecule has 9 heteroatoms. The van der Waals surface area contributed by atoms with Crippen LogP contribution in [0.2, 0.25) is 0 Å². The Morgan fingerprint density at radius 2 is 1.74 bits per heavy atom. The van der Waals surface area contributed by atoms with Gasteiger partial charge in [-0.15, -0.1) is 0 Å². The van der Waals surface area contributed by atoms with Crippen molar-refractivity contribution in [1.82, 2.24) is 20.2 Å². The zero-order valence-electron chi connectivity index (χ0n) is 24.0. The average Bonchev–Trinajstić information content (AvgIpc) is 3.46. The highest BCUT2D eigenvalue weighted by molar-refractivity contribution is 6.13. The number of amides is 1. The van der Waals surface area contributed by atoms with Crippen LogP contribution >= 0.6 is 0 Å². The van der Waals surface area contributed by atoms with Crippen LogP contribution in [-0.2, 0) is 11.2 Å². The molecule has 9 nitrogen and oxygen atoms in total. The molecule has 6 rings (SSSR count). The first-order valence-electron chi connectivity index (χ1n) is 14.5.